The zero-order chi connectivity index (χ0) is 14.5. The molecule has 2 aromatic carbocycles. The largest absolute Gasteiger partial charge is 0.385 e. The maximum atomic E-state index is 12.0. The molecule has 0 heterocycles. The van der Waals surface area contributed by atoms with Gasteiger partial charge in [-0.25, -0.2) is 0 Å². The highest BCUT2D eigenvalue weighted by molar-refractivity contribution is 5.91. The first-order valence-electron chi connectivity index (χ1n) is 7.52. The Hall–Kier alpha value is -2.29. The number of anilines is 2. The molecule has 1 aliphatic carbocycles. The summed E-state index contributed by atoms with van der Waals surface area (Å²) in [7, 11) is 0. The number of rotatable bonds is 5. The van der Waals surface area contributed by atoms with Gasteiger partial charge in [-0.1, -0.05) is 24.3 Å². The van der Waals surface area contributed by atoms with E-state index in [0.29, 0.717) is 13.0 Å². The van der Waals surface area contributed by atoms with Gasteiger partial charge < -0.3 is 10.6 Å². The van der Waals surface area contributed by atoms with E-state index in [1.165, 1.54) is 24.0 Å². The van der Waals surface area contributed by atoms with Crippen LogP contribution in [0.3, 0.4) is 0 Å². The van der Waals surface area contributed by atoms with Crippen molar-refractivity contribution in [2.45, 2.75) is 25.7 Å². The Morgan fingerprint density at radius 3 is 2.62 bits per heavy atom. The number of carbonyl (C=O) groups excluding carboxylic acids is 1. The van der Waals surface area contributed by atoms with Crippen molar-refractivity contribution in [3.63, 3.8) is 0 Å². The molecule has 0 spiro atoms. The summed E-state index contributed by atoms with van der Waals surface area (Å²) in [6, 6.07) is 16.2. The Morgan fingerprint density at radius 2 is 1.76 bits per heavy atom. The first kappa shape index (κ1) is 13.7. The van der Waals surface area contributed by atoms with Gasteiger partial charge in [-0.05, 0) is 54.7 Å². The second-order valence-corrected chi connectivity index (χ2v) is 5.43. The van der Waals surface area contributed by atoms with E-state index in [4.69, 9.17) is 0 Å². The molecule has 0 radical (unpaired) electrons. The number of hydrogen-bond donors (Lipinski definition) is 2. The first-order valence-corrected chi connectivity index (χ1v) is 7.52. The predicted molar refractivity (Wildman–Crippen MR) is 86.6 cm³/mol. The number of hydrogen-bond acceptors (Lipinski definition) is 2. The molecule has 108 valence electrons. The van der Waals surface area contributed by atoms with Gasteiger partial charge in [0.15, 0.2) is 0 Å². The second-order valence-electron chi connectivity index (χ2n) is 5.43. The molecular formula is C18H20N2O. The standard InChI is InChI=1S/C18H20N2O/c21-18(11-12-19-16-7-2-1-3-8-16)20-17-10-9-14-5-4-6-15(14)13-17/h1-3,7-10,13,19H,4-6,11-12H2,(H,20,21). The Morgan fingerprint density at radius 1 is 0.952 bits per heavy atom. The molecule has 3 heteroatoms. The molecule has 3 nitrogen and oxygen atoms in total. The molecular weight excluding hydrogens is 260 g/mol. The highest BCUT2D eigenvalue weighted by Gasteiger charge is 2.11. The van der Waals surface area contributed by atoms with Crippen LogP contribution < -0.4 is 10.6 Å². The summed E-state index contributed by atoms with van der Waals surface area (Å²) >= 11 is 0. The minimum absolute atomic E-state index is 0.0522. The van der Waals surface area contributed by atoms with Crippen LogP contribution in [0.1, 0.15) is 24.0 Å². The summed E-state index contributed by atoms with van der Waals surface area (Å²) in [6.45, 7) is 0.640. The van der Waals surface area contributed by atoms with Crippen molar-refractivity contribution in [1.29, 1.82) is 0 Å². The van der Waals surface area contributed by atoms with Crippen molar-refractivity contribution in [3.8, 4) is 0 Å². The van der Waals surface area contributed by atoms with E-state index < -0.39 is 0 Å². The van der Waals surface area contributed by atoms with Crippen molar-refractivity contribution in [3.05, 3.63) is 59.7 Å². The van der Waals surface area contributed by atoms with Gasteiger partial charge in [0, 0.05) is 24.3 Å². The topological polar surface area (TPSA) is 41.1 Å². The molecule has 3 rings (SSSR count). The lowest BCUT2D eigenvalue weighted by molar-refractivity contribution is -0.115. The minimum Gasteiger partial charge on any atom is -0.385 e. The quantitative estimate of drug-likeness (QED) is 0.878. The van der Waals surface area contributed by atoms with E-state index in [2.05, 4.69) is 22.8 Å². The average Bonchev–Trinajstić information content (AvgIpc) is 2.96. The van der Waals surface area contributed by atoms with Crippen LogP contribution in [-0.2, 0) is 17.6 Å². The van der Waals surface area contributed by atoms with Crippen LogP contribution in [0.15, 0.2) is 48.5 Å². The van der Waals surface area contributed by atoms with E-state index in [0.717, 1.165) is 17.8 Å². The first-order chi connectivity index (χ1) is 10.3. The van der Waals surface area contributed by atoms with Gasteiger partial charge in [-0.2, -0.15) is 0 Å². The number of aryl methyl sites for hydroxylation is 2. The molecule has 1 amide bonds. The van der Waals surface area contributed by atoms with E-state index in [1.54, 1.807) is 0 Å². The van der Waals surface area contributed by atoms with E-state index in [-0.39, 0.29) is 5.91 Å². The van der Waals surface area contributed by atoms with Gasteiger partial charge in [-0.3, -0.25) is 4.79 Å². The fraction of sp³-hybridized carbons (Fsp3) is 0.278. The average molecular weight is 280 g/mol. The molecule has 0 atom stereocenters. The summed E-state index contributed by atoms with van der Waals surface area (Å²) in [5.41, 5.74) is 4.78. The summed E-state index contributed by atoms with van der Waals surface area (Å²) in [6.07, 6.45) is 4.00. The van der Waals surface area contributed by atoms with Crippen LogP contribution in [0, 0.1) is 0 Å². The zero-order valence-electron chi connectivity index (χ0n) is 12.1. The summed E-state index contributed by atoms with van der Waals surface area (Å²) in [5, 5.41) is 6.22. The van der Waals surface area contributed by atoms with E-state index in [9.17, 15) is 4.79 Å². The maximum absolute atomic E-state index is 12.0. The normalized spacial score (nSPS) is 12.8. The van der Waals surface area contributed by atoms with Crippen molar-refractivity contribution in [2.24, 2.45) is 0 Å². The van der Waals surface area contributed by atoms with Crippen LogP contribution in [0.4, 0.5) is 11.4 Å². The second kappa shape index (κ2) is 6.44. The van der Waals surface area contributed by atoms with Crippen molar-refractivity contribution in [2.75, 3.05) is 17.2 Å². The Kier molecular flexibility index (Phi) is 4.20. The van der Waals surface area contributed by atoms with Crippen molar-refractivity contribution in [1.82, 2.24) is 0 Å². The number of nitrogens with one attached hydrogen (secondary N) is 2. The predicted octanol–water partition coefficient (Wildman–Crippen LogP) is 3.62. The SMILES string of the molecule is O=C(CCNc1ccccc1)Nc1ccc2c(c1)CCC2. The Balaban J connectivity index is 1.48. The lowest BCUT2D eigenvalue weighted by Gasteiger charge is -2.09. The van der Waals surface area contributed by atoms with Gasteiger partial charge in [-0.15, -0.1) is 0 Å². The third kappa shape index (κ3) is 3.63. The van der Waals surface area contributed by atoms with E-state index >= 15 is 0 Å². The molecule has 0 unspecified atom stereocenters. The molecule has 0 aliphatic heterocycles. The van der Waals surface area contributed by atoms with Crippen LogP contribution >= 0.6 is 0 Å². The summed E-state index contributed by atoms with van der Waals surface area (Å²) < 4.78 is 0. The number of amides is 1. The smallest absolute Gasteiger partial charge is 0.226 e. The van der Waals surface area contributed by atoms with Crippen LogP contribution in [0.2, 0.25) is 0 Å². The van der Waals surface area contributed by atoms with Crippen LogP contribution in [0.5, 0.6) is 0 Å². The lowest BCUT2D eigenvalue weighted by atomic mass is 10.1. The zero-order valence-corrected chi connectivity index (χ0v) is 12.1. The monoisotopic (exact) mass is 280 g/mol. The van der Waals surface area contributed by atoms with Gasteiger partial charge in [0.25, 0.3) is 0 Å². The van der Waals surface area contributed by atoms with Gasteiger partial charge in [0.05, 0.1) is 0 Å². The van der Waals surface area contributed by atoms with Crippen molar-refractivity contribution >= 4 is 17.3 Å². The van der Waals surface area contributed by atoms with Gasteiger partial charge in [0.2, 0.25) is 5.91 Å². The minimum atomic E-state index is 0.0522. The Labute approximate surface area is 125 Å². The molecule has 21 heavy (non-hydrogen) atoms. The summed E-state index contributed by atoms with van der Waals surface area (Å²) in [5.74, 6) is 0.0522. The molecule has 0 bridgehead atoms. The number of benzene rings is 2. The highest BCUT2D eigenvalue weighted by Crippen LogP contribution is 2.24. The molecule has 0 aromatic heterocycles. The third-order valence-corrected chi connectivity index (χ3v) is 3.84. The Bertz CT molecular complexity index is 622. The molecule has 0 saturated heterocycles. The number of fused-ring (bicyclic) bond motifs is 1. The molecule has 0 saturated carbocycles. The molecule has 2 aromatic rings. The van der Waals surface area contributed by atoms with Gasteiger partial charge in [0.1, 0.15) is 0 Å². The highest BCUT2D eigenvalue weighted by atomic mass is 16.1. The number of carbonyl (C=O) groups is 1. The van der Waals surface area contributed by atoms with Crippen LogP contribution in [0.25, 0.3) is 0 Å². The van der Waals surface area contributed by atoms with Gasteiger partial charge >= 0.3 is 0 Å². The van der Waals surface area contributed by atoms with Crippen molar-refractivity contribution < 1.29 is 4.79 Å². The van der Waals surface area contributed by atoms with Crippen LogP contribution in [-0.4, -0.2) is 12.5 Å². The molecule has 1 aliphatic rings. The number of para-hydroxylation sites is 1. The third-order valence-electron chi connectivity index (χ3n) is 3.84. The lowest BCUT2D eigenvalue weighted by Crippen LogP contribution is -2.16. The summed E-state index contributed by atoms with van der Waals surface area (Å²) in [4.78, 5) is 12.0. The fourth-order valence-electron chi connectivity index (χ4n) is 2.75. The fourth-order valence-corrected chi connectivity index (χ4v) is 2.75. The van der Waals surface area contributed by atoms with E-state index in [1.807, 2.05) is 36.4 Å². The maximum Gasteiger partial charge on any atom is 0.226 e. The molecule has 2 N–H and O–H groups in total. The molecule has 0 fully saturated rings.